The van der Waals surface area contributed by atoms with Crippen molar-refractivity contribution in [1.29, 1.82) is 0 Å². The predicted molar refractivity (Wildman–Crippen MR) is 66.2 cm³/mol. The Morgan fingerprint density at radius 2 is 1.29 bits per heavy atom. The molecule has 0 saturated carbocycles. The topological polar surface area (TPSA) is 52.6 Å². The zero-order valence-corrected chi connectivity index (χ0v) is 11.6. The van der Waals surface area contributed by atoms with Crippen molar-refractivity contribution in [3.05, 3.63) is 0 Å². The molecule has 0 heterocycles. The Labute approximate surface area is 112 Å². The van der Waals surface area contributed by atoms with Crippen LogP contribution < -0.4 is 0 Å². The summed E-state index contributed by atoms with van der Waals surface area (Å²) in [5.41, 5.74) is 0. The summed E-state index contributed by atoms with van der Waals surface area (Å²) in [5, 5.41) is 0. The molecule has 0 aliphatic carbocycles. The van der Waals surface area contributed by atoms with Gasteiger partial charge in [0.25, 0.3) is 0 Å². The summed E-state index contributed by atoms with van der Waals surface area (Å²) in [7, 11) is 0. The molecule has 17 heavy (non-hydrogen) atoms. The van der Waals surface area contributed by atoms with Gasteiger partial charge in [0.15, 0.2) is 0 Å². The Balaban J connectivity index is 4.13. The highest BCUT2D eigenvalue weighted by Crippen LogP contribution is 2.25. The van der Waals surface area contributed by atoms with E-state index in [0.717, 1.165) is 12.8 Å². The van der Waals surface area contributed by atoms with Crippen LogP contribution in [0.4, 0.5) is 0 Å². The highest BCUT2D eigenvalue weighted by atomic mass is 35.5. The number of carbonyl (C=O) groups is 2. The first-order chi connectivity index (χ1) is 7.96. The summed E-state index contributed by atoms with van der Waals surface area (Å²) in [6.45, 7) is 4.28. The standard InChI is InChI=1S/C11H18Cl2O4/c1-3-5-7-16-9(14)11(12,13)10(15)17-8-6-4-2/h3-8H2,1-2H3. The van der Waals surface area contributed by atoms with Gasteiger partial charge in [-0.2, -0.15) is 0 Å². The van der Waals surface area contributed by atoms with Gasteiger partial charge in [-0.3, -0.25) is 0 Å². The SMILES string of the molecule is CCCCOC(=O)C(Cl)(Cl)C(=O)OCCCC. The minimum atomic E-state index is -2.26. The summed E-state index contributed by atoms with van der Waals surface area (Å²) in [4.78, 5) is 22.9. The molecule has 0 amide bonds. The Kier molecular flexibility index (Phi) is 8.35. The van der Waals surface area contributed by atoms with Gasteiger partial charge in [-0.1, -0.05) is 49.9 Å². The maximum atomic E-state index is 11.4. The quantitative estimate of drug-likeness (QED) is 0.298. The minimum Gasteiger partial charge on any atom is -0.463 e. The van der Waals surface area contributed by atoms with E-state index in [4.69, 9.17) is 32.7 Å². The largest absolute Gasteiger partial charge is 0.463 e. The number of hydrogen-bond acceptors (Lipinski definition) is 4. The molecule has 0 fully saturated rings. The van der Waals surface area contributed by atoms with Crippen LogP contribution >= 0.6 is 23.2 Å². The van der Waals surface area contributed by atoms with Gasteiger partial charge in [0.2, 0.25) is 0 Å². The minimum absolute atomic E-state index is 0.193. The van der Waals surface area contributed by atoms with E-state index >= 15 is 0 Å². The van der Waals surface area contributed by atoms with E-state index in [-0.39, 0.29) is 13.2 Å². The van der Waals surface area contributed by atoms with Crippen LogP contribution in [0.1, 0.15) is 39.5 Å². The molecule has 0 aromatic rings. The van der Waals surface area contributed by atoms with Gasteiger partial charge < -0.3 is 9.47 Å². The third-order valence-electron chi connectivity index (χ3n) is 1.97. The van der Waals surface area contributed by atoms with Crippen molar-refractivity contribution in [3.8, 4) is 0 Å². The fourth-order valence-electron chi connectivity index (χ4n) is 0.883. The highest BCUT2D eigenvalue weighted by Gasteiger charge is 2.45. The number of esters is 2. The van der Waals surface area contributed by atoms with Crippen molar-refractivity contribution in [3.63, 3.8) is 0 Å². The summed E-state index contributed by atoms with van der Waals surface area (Å²) >= 11 is 11.2. The maximum absolute atomic E-state index is 11.4. The van der Waals surface area contributed by atoms with Gasteiger partial charge in [-0.25, -0.2) is 9.59 Å². The lowest BCUT2D eigenvalue weighted by Gasteiger charge is -2.16. The van der Waals surface area contributed by atoms with Crippen LogP contribution in [0.3, 0.4) is 0 Å². The summed E-state index contributed by atoms with van der Waals surface area (Å²) < 4.78 is 7.28. The third kappa shape index (κ3) is 6.13. The lowest BCUT2D eigenvalue weighted by molar-refractivity contribution is -0.156. The Morgan fingerprint density at radius 1 is 0.941 bits per heavy atom. The number of alkyl halides is 2. The number of rotatable bonds is 8. The molecule has 0 unspecified atom stereocenters. The first-order valence-corrected chi connectivity index (χ1v) is 6.44. The van der Waals surface area contributed by atoms with Crippen LogP contribution in [-0.4, -0.2) is 29.5 Å². The zero-order chi connectivity index (χ0) is 13.3. The summed E-state index contributed by atoms with van der Waals surface area (Å²) in [6, 6.07) is 0. The molecule has 6 heteroatoms. The lowest BCUT2D eigenvalue weighted by atomic mass is 10.3. The van der Waals surface area contributed by atoms with E-state index in [1.54, 1.807) is 0 Å². The molecule has 0 aliphatic heterocycles. The normalized spacial score (nSPS) is 11.1. The second-order valence-corrected chi connectivity index (χ2v) is 4.88. The monoisotopic (exact) mass is 284 g/mol. The Hall–Kier alpha value is -0.480. The molecule has 0 rings (SSSR count). The fourth-order valence-corrected chi connectivity index (χ4v) is 1.10. The summed E-state index contributed by atoms with van der Waals surface area (Å²) in [6.07, 6.45) is 3.12. The van der Waals surface area contributed by atoms with Crippen LogP contribution in [0.25, 0.3) is 0 Å². The highest BCUT2D eigenvalue weighted by molar-refractivity contribution is 6.66. The average Bonchev–Trinajstić information content (AvgIpc) is 2.29. The molecular weight excluding hydrogens is 267 g/mol. The second kappa shape index (κ2) is 8.59. The van der Waals surface area contributed by atoms with E-state index < -0.39 is 16.3 Å². The summed E-state index contributed by atoms with van der Waals surface area (Å²) in [5.74, 6) is -1.95. The van der Waals surface area contributed by atoms with Crippen molar-refractivity contribution in [1.82, 2.24) is 0 Å². The molecule has 0 aromatic heterocycles. The number of ether oxygens (including phenoxy) is 2. The first-order valence-electron chi connectivity index (χ1n) is 5.69. The molecule has 0 saturated heterocycles. The molecule has 0 spiro atoms. The molecule has 0 bridgehead atoms. The smallest absolute Gasteiger partial charge is 0.354 e. The van der Waals surface area contributed by atoms with Gasteiger partial charge in [-0.15, -0.1) is 0 Å². The number of hydrogen-bond donors (Lipinski definition) is 0. The van der Waals surface area contributed by atoms with Crippen molar-refractivity contribution in [2.75, 3.05) is 13.2 Å². The molecule has 0 atom stereocenters. The molecule has 0 radical (unpaired) electrons. The molecule has 100 valence electrons. The van der Waals surface area contributed by atoms with Crippen molar-refractivity contribution < 1.29 is 19.1 Å². The van der Waals surface area contributed by atoms with Crippen molar-refractivity contribution >= 4 is 35.1 Å². The van der Waals surface area contributed by atoms with Crippen LogP contribution in [0.2, 0.25) is 0 Å². The van der Waals surface area contributed by atoms with Gasteiger partial charge in [-0.05, 0) is 12.8 Å². The molecule has 0 aromatic carbocycles. The van der Waals surface area contributed by atoms with Crippen molar-refractivity contribution in [2.45, 2.75) is 43.9 Å². The van der Waals surface area contributed by atoms with Crippen LogP contribution in [0.15, 0.2) is 0 Å². The number of halogens is 2. The number of unbranched alkanes of at least 4 members (excludes halogenated alkanes) is 2. The fraction of sp³-hybridized carbons (Fsp3) is 0.818. The Morgan fingerprint density at radius 3 is 1.59 bits per heavy atom. The first kappa shape index (κ1) is 16.5. The van der Waals surface area contributed by atoms with E-state index in [1.165, 1.54) is 0 Å². The van der Waals surface area contributed by atoms with Crippen LogP contribution in [0, 0.1) is 0 Å². The molecule has 4 nitrogen and oxygen atoms in total. The van der Waals surface area contributed by atoms with Gasteiger partial charge in [0.05, 0.1) is 13.2 Å². The van der Waals surface area contributed by atoms with E-state index in [1.807, 2.05) is 13.8 Å². The van der Waals surface area contributed by atoms with E-state index in [0.29, 0.717) is 12.8 Å². The number of carbonyl (C=O) groups excluding carboxylic acids is 2. The van der Waals surface area contributed by atoms with E-state index in [2.05, 4.69) is 0 Å². The lowest BCUT2D eigenvalue weighted by Crippen LogP contribution is -2.39. The third-order valence-corrected chi connectivity index (χ3v) is 2.59. The predicted octanol–water partition coefficient (Wildman–Crippen LogP) is 2.85. The van der Waals surface area contributed by atoms with Gasteiger partial charge in [0.1, 0.15) is 0 Å². The van der Waals surface area contributed by atoms with Gasteiger partial charge in [0, 0.05) is 0 Å². The van der Waals surface area contributed by atoms with E-state index in [9.17, 15) is 9.59 Å². The maximum Gasteiger partial charge on any atom is 0.354 e. The molecule has 0 aliphatic rings. The second-order valence-electron chi connectivity index (χ2n) is 3.55. The molecule has 0 N–H and O–H groups in total. The van der Waals surface area contributed by atoms with Crippen molar-refractivity contribution in [2.24, 2.45) is 0 Å². The molecular formula is C11H18Cl2O4. The van der Waals surface area contributed by atoms with Gasteiger partial charge >= 0.3 is 16.3 Å². The zero-order valence-electron chi connectivity index (χ0n) is 10.1. The van der Waals surface area contributed by atoms with Crippen LogP contribution in [0.5, 0.6) is 0 Å². The Bertz CT molecular complexity index is 230. The van der Waals surface area contributed by atoms with Crippen LogP contribution in [-0.2, 0) is 19.1 Å². The average molecular weight is 285 g/mol.